The van der Waals surface area contributed by atoms with Crippen molar-refractivity contribution in [3.8, 4) is 0 Å². The summed E-state index contributed by atoms with van der Waals surface area (Å²) in [6.45, 7) is 0.946. The zero-order valence-corrected chi connectivity index (χ0v) is 7.58. The van der Waals surface area contributed by atoms with Gasteiger partial charge in [0.25, 0.3) is 0 Å². The van der Waals surface area contributed by atoms with E-state index in [-0.39, 0.29) is 0 Å². The highest BCUT2D eigenvalue weighted by molar-refractivity contribution is 5.29. The molecule has 0 amide bonds. The molecule has 1 aromatic rings. The molecule has 0 saturated heterocycles. The Hall–Kier alpha value is -1.26. The number of aromatic nitrogens is 3. The molecule has 2 rings (SSSR count). The summed E-state index contributed by atoms with van der Waals surface area (Å²) in [6, 6.07) is 0. The Morgan fingerprint density at radius 3 is 2.92 bits per heavy atom. The van der Waals surface area contributed by atoms with Gasteiger partial charge in [-0.2, -0.15) is 4.98 Å². The fraction of sp³-hybridized carbons (Fsp3) is 0.750. The topological polar surface area (TPSA) is 79.6 Å². The Morgan fingerprint density at radius 1 is 1.54 bits per heavy atom. The fourth-order valence-electron chi connectivity index (χ4n) is 1.52. The highest BCUT2D eigenvalue weighted by Crippen LogP contribution is 2.28. The van der Waals surface area contributed by atoms with E-state index in [0.29, 0.717) is 11.9 Å². The standard InChI is InChI=1S/C8H15N5/c9-7-11-8(13-12-7)10-5-4-6-2-1-3-6/h6H,1-5H2,(H4,9,10,11,12,13). The minimum atomic E-state index is 0.367. The molecule has 1 fully saturated rings. The third-order valence-corrected chi connectivity index (χ3v) is 2.56. The van der Waals surface area contributed by atoms with Crippen LogP contribution in [-0.2, 0) is 0 Å². The van der Waals surface area contributed by atoms with Crippen LogP contribution < -0.4 is 11.1 Å². The second-order valence-corrected chi connectivity index (χ2v) is 3.56. The van der Waals surface area contributed by atoms with Gasteiger partial charge in [-0.1, -0.05) is 19.3 Å². The number of nitrogens with two attached hydrogens (primary N) is 1. The smallest absolute Gasteiger partial charge is 0.243 e. The molecule has 5 heteroatoms. The van der Waals surface area contributed by atoms with Crippen LogP contribution in [0.2, 0.25) is 0 Å². The lowest BCUT2D eigenvalue weighted by molar-refractivity contribution is 0.303. The molecule has 72 valence electrons. The summed E-state index contributed by atoms with van der Waals surface area (Å²) < 4.78 is 0. The third-order valence-electron chi connectivity index (χ3n) is 2.56. The van der Waals surface area contributed by atoms with Crippen LogP contribution in [-0.4, -0.2) is 21.7 Å². The van der Waals surface area contributed by atoms with Crippen LogP contribution in [0.4, 0.5) is 11.9 Å². The normalized spacial score (nSPS) is 16.9. The lowest BCUT2D eigenvalue weighted by Crippen LogP contribution is -2.15. The molecule has 1 heterocycles. The maximum atomic E-state index is 5.38. The van der Waals surface area contributed by atoms with Crippen molar-refractivity contribution in [1.29, 1.82) is 0 Å². The van der Waals surface area contributed by atoms with Crippen LogP contribution in [0.25, 0.3) is 0 Å². The Morgan fingerprint density at radius 2 is 2.38 bits per heavy atom. The molecule has 13 heavy (non-hydrogen) atoms. The van der Waals surface area contributed by atoms with E-state index in [4.69, 9.17) is 5.73 Å². The van der Waals surface area contributed by atoms with Crippen LogP contribution in [0.5, 0.6) is 0 Å². The molecular formula is C8H15N5. The first-order chi connectivity index (χ1) is 6.34. The van der Waals surface area contributed by atoms with Gasteiger partial charge < -0.3 is 11.1 Å². The lowest BCUT2D eigenvalue weighted by atomic mass is 9.83. The van der Waals surface area contributed by atoms with Crippen molar-refractivity contribution in [3.63, 3.8) is 0 Å². The number of rotatable bonds is 4. The molecule has 1 aromatic heterocycles. The minimum absolute atomic E-state index is 0.367. The predicted octanol–water partition coefficient (Wildman–Crippen LogP) is 0.989. The Labute approximate surface area is 77.1 Å². The summed E-state index contributed by atoms with van der Waals surface area (Å²) in [5, 5.41) is 9.60. The highest BCUT2D eigenvalue weighted by atomic mass is 15.3. The van der Waals surface area contributed by atoms with Crippen molar-refractivity contribution in [1.82, 2.24) is 15.2 Å². The SMILES string of the molecule is Nc1nc(NCCC2CCC2)n[nH]1. The molecule has 1 aliphatic carbocycles. The Kier molecular flexibility index (Phi) is 2.33. The Bertz CT molecular complexity index is 265. The van der Waals surface area contributed by atoms with Crippen molar-refractivity contribution in [2.24, 2.45) is 5.92 Å². The molecule has 0 bridgehead atoms. The maximum absolute atomic E-state index is 5.38. The van der Waals surface area contributed by atoms with Gasteiger partial charge in [0.2, 0.25) is 11.9 Å². The molecule has 1 aliphatic rings. The molecule has 0 spiro atoms. The summed E-state index contributed by atoms with van der Waals surface area (Å²) in [6.07, 6.45) is 5.39. The van der Waals surface area contributed by atoms with E-state index in [2.05, 4.69) is 20.5 Å². The minimum Gasteiger partial charge on any atom is -0.368 e. The number of aromatic amines is 1. The molecule has 1 saturated carbocycles. The molecule has 0 atom stereocenters. The second kappa shape index (κ2) is 3.64. The zero-order valence-electron chi connectivity index (χ0n) is 7.58. The first-order valence-corrected chi connectivity index (χ1v) is 4.76. The van der Waals surface area contributed by atoms with E-state index in [1.165, 1.54) is 25.7 Å². The van der Waals surface area contributed by atoms with Crippen molar-refractivity contribution >= 4 is 11.9 Å². The largest absolute Gasteiger partial charge is 0.368 e. The summed E-state index contributed by atoms with van der Waals surface area (Å²) in [5.41, 5.74) is 5.38. The molecule has 0 unspecified atom stereocenters. The van der Waals surface area contributed by atoms with Crippen molar-refractivity contribution in [2.75, 3.05) is 17.6 Å². The molecule has 0 radical (unpaired) electrons. The zero-order chi connectivity index (χ0) is 9.10. The molecular weight excluding hydrogens is 166 g/mol. The number of hydrogen-bond donors (Lipinski definition) is 3. The molecule has 0 aromatic carbocycles. The van der Waals surface area contributed by atoms with Gasteiger partial charge in [-0.15, -0.1) is 5.10 Å². The van der Waals surface area contributed by atoms with Gasteiger partial charge in [-0.25, -0.2) is 5.10 Å². The average Bonchev–Trinajstić information content (AvgIpc) is 2.42. The van der Waals surface area contributed by atoms with E-state index in [1.807, 2.05) is 0 Å². The van der Waals surface area contributed by atoms with Gasteiger partial charge in [0, 0.05) is 6.54 Å². The van der Waals surface area contributed by atoms with Gasteiger partial charge in [-0.3, -0.25) is 0 Å². The molecule has 0 aliphatic heterocycles. The predicted molar refractivity (Wildman–Crippen MR) is 51.2 cm³/mol. The number of H-pyrrole nitrogens is 1. The van der Waals surface area contributed by atoms with Gasteiger partial charge in [-0.05, 0) is 12.3 Å². The first kappa shape index (κ1) is 8.34. The Balaban J connectivity index is 1.67. The molecule has 4 N–H and O–H groups in total. The number of nitrogen functional groups attached to an aromatic ring is 1. The van der Waals surface area contributed by atoms with Crippen molar-refractivity contribution in [2.45, 2.75) is 25.7 Å². The van der Waals surface area contributed by atoms with Gasteiger partial charge >= 0.3 is 0 Å². The van der Waals surface area contributed by atoms with E-state index in [9.17, 15) is 0 Å². The summed E-state index contributed by atoms with van der Waals surface area (Å²) in [5.74, 6) is 1.90. The van der Waals surface area contributed by atoms with Crippen LogP contribution in [0.1, 0.15) is 25.7 Å². The summed E-state index contributed by atoms with van der Waals surface area (Å²) in [4.78, 5) is 3.95. The van der Waals surface area contributed by atoms with Crippen LogP contribution >= 0.6 is 0 Å². The van der Waals surface area contributed by atoms with Gasteiger partial charge in [0.1, 0.15) is 0 Å². The third kappa shape index (κ3) is 2.11. The quantitative estimate of drug-likeness (QED) is 0.647. The van der Waals surface area contributed by atoms with Crippen molar-refractivity contribution in [3.05, 3.63) is 0 Å². The van der Waals surface area contributed by atoms with Gasteiger partial charge in [0.05, 0.1) is 0 Å². The number of anilines is 2. The number of nitrogens with one attached hydrogen (secondary N) is 2. The number of hydrogen-bond acceptors (Lipinski definition) is 4. The second-order valence-electron chi connectivity index (χ2n) is 3.56. The summed E-state index contributed by atoms with van der Waals surface area (Å²) >= 11 is 0. The summed E-state index contributed by atoms with van der Waals surface area (Å²) in [7, 11) is 0. The molecule has 5 nitrogen and oxygen atoms in total. The van der Waals surface area contributed by atoms with Gasteiger partial charge in [0.15, 0.2) is 0 Å². The lowest BCUT2D eigenvalue weighted by Gasteiger charge is -2.24. The highest BCUT2D eigenvalue weighted by Gasteiger charge is 2.16. The monoisotopic (exact) mass is 181 g/mol. The maximum Gasteiger partial charge on any atom is 0.243 e. The van der Waals surface area contributed by atoms with E-state index in [1.54, 1.807) is 0 Å². The fourth-order valence-corrected chi connectivity index (χ4v) is 1.52. The van der Waals surface area contributed by atoms with Crippen LogP contribution in [0.15, 0.2) is 0 Å². The van der Waals surface area contributed by atoms with Crippen molar-refractivity contribution < 1.29 is 0 Å². The van der Waals surface area contributed by atoms with E-state index in [0.717, 1.165) is 12.5 Å². The van der Waals surface area contributed by atoms with E-state index >= 15 is 0 Å². The first-order valence-electron chi connectivity index (χ1n) is 4.76. The van der Waals surface area contributed by atoms with Crippen LogP contribution in [0.3, 0.4) is 0 Å². The number of nitrogens with zero attached hydrogens (tertiary/aromatic N) is 2. The van der Waals surface area contributed by atoms with E-state index < -0.39 is 0 Å². The average molecular weight is 181 g/mol. The van der Waals surface area contributed by atoms with Crippen LogP contribution in [0, 0.1) is 5.92 Å².